The minimum atomic E-state index is 0. The number of fused-ring (bicyclic) bond motifs is 1. The molecule has 1 aromatic rings. The Morgan fingerprint density at radius 3 is 2.69 bits per heavy atom. The highest BCUT2D eigenvalue weighted by Crippen LogP contribution is 2.16. The van der Waals surface area contributed by atoms with Crippen LogP contribution in [0.1, 0.15) is 11.1 Å². The van der Waals surface area contributed by atoms with Crippen molar-refractivity contribution in [2.24, 2.45) is 0 Å². The summed E-state index contributed by atoms with van der Waals surface area (Å²) in [5.41, 5.74) is 9.32. The molecule has 0 bridgehead atoms. The summed E-state index contributed by atoms with van der Waals surface area (Å²) in [5, 5.41) is 3.31. The summed E-state index contributed by atoms with van der Waals surface area (Å²) < 4.78 is 0. The summed E-state index contributed by atoms with van der Waals surface area (Å²) in [7, 11) is 0. The van der Waals surface area contributed by atoms with Gasteiger partial charge in [0.2, 0.25) is 0 Å². The summed E-state index contributed by atoms with van der Waals surface area (Å²) in [6.07, 6.45) is 1.13. The normalized spacial score (nSPS) is 13.5. The highest BCUT2D eigenvalue weighted by Gasteiger charge is 2.06. The summed E-state index contributed by atoms with van der Waals surface area (Å²) >= 11 is 0. The molecule has 1 aliphatic heterocycles. The predicted molar refractivity (Wildman–Crippen MR) is 60.8 cm³/mol. The van der Waals surface area contributed by atoms with Gasteiger partial charge in [0.05, 0.1) is 0 Å². The van der Waals surface area contributed by atoms with Crippen LogP contribution < -0.4 is 11.1 Å². The first kappa shape index (κ1) is 12.6. The van der Waals surface area contributed by atoms with Crippen molar-refractivity contribution < 1.29 is 0 Å². The van der Waals surface area contributed by atoms with Crippen molar-refractivity contribution in [3.63, 3.8) is 0 Å². The summed E-state index contributed by atoms with van der Waals surface area (Å²) in [6, 6.07) is 6.16. The lowest BCUT2D eigenvalue weighted by Gasteiger charge is -2.16. The maximum absolute atomic E-state index is 5.65. The van der Waals surface area contributed by atoms with Crippen molar-refractivity contribution in [1.29, 1.82) is 0 Å². The van der Waals surface area contributed by atoms with E-state index in [1.807, 2.05) is 6.07 Å². The number of hydrogen-bond acceptors (Lipinski definition) is 2. The van der Waals surface area contributed by atoms with Crippen LogP contribution in [0.4, 0.5) is 5.69 Å². The zero-order valence-corrected chi connectivity index (χ0v) is 8.88. The van der Waals surface area contributed by atoms with Gasteiger partial charge in [0, 0.05) is 12.2 Å². The molecule has 0 saturated carbocycles. The fourth-order valence-electron chi connectivity index (χ4n) is 1.50. The molecule has 74 valence electrons. The largest absolute Gasteiger partial charge is 0.399 e. The second-order valence-corrected chi connectivity index (χ2v) is 2.95. The molecule has 1 aliphatic rings. The second kappa shape index (κ2) is 5.32. The van der Waals surface area contributed by atoms with E-state index >= 15 is 0 Å². The Morgan fingerprint density at radius 1 is 1.15 bits per heavy atom. The van der Waals surface area contributed by atoms with Crippen LogP contribution in [0.5, 0.6) is 0 Å². The van der Waals surface area contributed by atoms with Crippen LogP contribution in [0.25, 0.3) is 0 Å². The van der Waals surface area contributed by atoms with Gasteiger partial charge in [-0.1, -0.05) is 6.07 Å². The lowest BCUT2D eigenvalue weighted by atomic mass is 10.0. The number of nitrogens with two attached hydrogens (primary N) is 1. The van der Waals surface area contributed by atoms with Crippen LogP contribution in [0, 0.1) is 0 Å². The fourth-order valence-corrected chi connectivity index (χ4v) is 1.50. The third-order valence-electron chi connectivity index (χ3n) is 2.12. The molecule has 0 atom stereocenters. The molecule has 0 unspecified atom stereocenters. The van der Waals surface area contributed by atoms with Crippen LogP contribution in [0.2, 0.25) is 0 Å². The fraction of sp³-hybridized carbons (Fsp3) is 0.333. The molecular formula is C9H14Cl2N2. The highest BCUT2D eigenvalue weighted by atomic mass is 35.5. The Balaban J connectivity index is 0.000000720. The number of halogens is 2. The first-order valence-corrected chi connectivity index (χ1v) is 3.94. The molecule has 0 saturated heterocycles. The van der Waals surface area contributed by atoms with E-state index in [1.165, 1.54) is 11.1 Å². The summed E-state index contributed by atoms with van der Waals surface area (Å²) in [6.45, 7) is 2.07. The molecule has 4 heteroatoms. The Hall–Kier alpha value is -0.440. The molecule has 0 radical (unpaired) electrons. The number of rotatable bonds is 0. The van der Waals surface area contributed by atoms with Crippen molar-refractivity contribution in [3.8, 4) is 0 Å². The number of anilines is 1. The van der Waals surface area contributed by atoms with Gasteiger partial charge in [-0.05, 0) is 36.2 Å². The smallest absolute Gasteiger partial charge is 0.0317 e. The average Bonchev–Trinajstić information content (AvgIpc) is 2.04. The van der Waals surface area contributed by atoms with Gasteiger partial charge in [-0.2, -0.15) is 0 Å². The summed E-state index contributed by atoms with van der Waals surface area (Å²) in [4.78, 5) is 0. The molecule has 0 spiro atoms. The highest BCUT2D eigenvalue weighted by molar-refractivity contribution is 5.85. The number of benzene rings is 1. The van der Waals surface area contributed by atoms with Crippen LogP contribution in [0.15, 0.2) is 18.2 Å². The van der Waals surface area contributed by atoms with E-state index in [-0.39, 0.29) is 24.8 Å². The average molecular weight is 221 g/mol. The van der Waals surface area contributed by atoms with E-state index in [2.05, 4.69) is 17.4 Å². The predicted octanol–water partition coefficient (Wildman–Crippen LogP) is 1.76. The molecule has 2 nitrogen and oxygen atoms in total. The number of nitrogen functional groups attached to an aromatic ring is 1. The zero-order valence-electron chi connectivity index (χ0n) is 7.25. The van der Waals surface area contributed by atoms with Gasteiger partial charge >= 0.3 is 0 Å². The van der Waals surface area contributed by atoms with Crippen molar-refractivity contribution in [2.45, 2.75) is 13.0 Å². The monoisotopic (exact) mass is 220 g/mol. The van der Waals surface area contributed by atoms with Gasteiger partial charge in [0.1, 0.15) is 0 Å². The molecule has 1 heterocycles. The van der Waals surface area contributed by atoms with E-state index in [0.29, 0.717) is 0 Å². The number of nitrogens with one attached hydrogen (secondary N) is 1. The molecular weight excluding hydrogens is 207 g/mol. The van der Waals surface area contributed by atoms with E-state index in [1.54, 1.807) is 0 Å². The molecule has 2 rings (SSSR count). The topological polar surface area (TPSA) is 38.0 Å². The van der Waals surface area contributed by atoms with Crippen LogP contribution >= 0.6 is 24.8 Å². The lowest BCUT2D eigenvalue weighted by Crippen LogP contribution is -2.23. The standard InChI is InChI=1S/C9H12N2.2ClH/c10-9-2-1-7-3-4-11-6-8(7)5-9;;/h1-2,5,11H,3-4,6,10H2;2*1H. The molecule has 0 amide bonds. The van der Waals surface area contributed by atoms with Crippen molar-refractivity contribution in [3.05, 3.63) is 29.3 Å². The number of hydrogen-bond donors (Lipinski definition) is 2. The zero-order chi connectivity index (χ0) is 7.68. The molecule has 1 aromatic carbocycles. The molecule has 13 heavy (non-hydrogen) atoms. The van der Waals surface area contributed by atoms with Gasteiger partial charge in [0.15, 0.2) is 0 Å². The SMILES string of the molecule is Cl.Cl.Nc1ccc2c(c1)CNCC2. The van der Waals surface area contributed by atoms with Crippen molar-refractivity contribution in [2.75, 3.05) is 12.3 Å². The third-order valence-corrected chi connectivity index (χ3v) is 2.12. The Bertz CT molecular complexity index is 276. The van der Waals surface area contributed by atoms with E-state index in [9.17, 15) is 0 Å². The van der Waals surface area contributed by atoms with Crippen LogP contribution in [0.3, 0.4) is 0 Å². The molecule has 3 N–H and O–H groups in total. The van der Waals surface area contributed by atoms with E-state index in [0.717, 1.165) is 25.2 Å². The molecule has 0 aliphatic carbocycles. The van der Waals surface area contributed by atoms with Gasteiger partial charge in [0.25, 0.3) is 0 Å². The van der Waals surface area contributed by atoms with Gasteiger partial charge < -0.3 is 11.1 Å². The van der Waals surface area contributed by atoms with Gasteiger partial charge in [-0.25, -0.2) is 0 Å². The first-order chi connectivity index (χ1) is 5.36. The van der Waals surface area contributed by atoms with E-state index < -0.39 is 0 Å². The Kier molecular flexibility index (Phi) is 5.14. The first-order valence-electron chi connectivity index (χ1n) is 3.94. The molecule has 0 aromatic heterocycles. The van der Waals surface area contributed by atoms with Gasteiger partial charge in [-0.15, -0.1) is 24.8 Å². The maximum Gasteiger partial charge on any atom is 0.0317 e. The van der Waals surface area contributed by atoms with Crippen molar-refractivity contribution >= 4 is 30.5 Å². The van der Waals surface area contributed by atoms with E-state index in [4.69, 9.17) is 5.73 Å². The quantitative estimate of drug-likeness (QED) is 0.655. The minimum absolute atomic E-state index is 0. The lowest BCUT2D eigenvalue weighted by molar-refractivity contribution is 0.644. The maximum atomic E-state index is 5.65. The summed E-state index contributed by atoms with van der Waals surface area (Å²) in [5.74, 6) is 0. The van der Waals surface area contributed by atoms with Crippen LogP contribution in [-0.4, -0.2) is 6.54 Å². The molecule has 0 fully saturated rings. The minimum Gasteiger partial charge on any atom is -0.399 e. The van der Waals surface area contributed by atoms with Gasteiger partial charge in [-0.3, -0.25) is 0 Å². The Labute approximate surface area is 90.7 Å². The van der Waals surface area contributed by atoms with Crippen LogP contribution in [-0.2, 0) is 13.0 Å². The third kappa shape index (κ3) is 2.76. The van der Waals surface area contributed by atoms with Crippen molar-refractivity contribution in [1.82, 2.24) is 5.32 Å². The Morgan fingerprint density at radius 2 is 1.92 bits per heavy atom. The second-order valence-electron chi connectivity index (χ2n) is 2.95.